The number of guanidine groups is 1. The summed E-state index contributed by atoms with van der Waals surface area (Å²) in [6.07, 6.45) is 3.63. The molecule has 1 unspecified atom stereocenters. The number of pyridine rings is 1. The molecule has 8 nitrogen and oxygen atoms in total. The minimum atomic E-state index is 0.244. The molecule has 2 N–H and O–H groups in total. The molecule has 0 fully saturated rings. The highest BCUT2D eigenvalue weighted by Gasteiger charge is 2.14. The van der Waals surface area contributed by atoms with E-state index in [1.165, 1.54) is 11.3 Å². The maximum absolute atomic E-state index is 4.72. The Kier molecular flexibility index (Phi) is 6.28. The summed E-state index contributed by atoms with van der Waals surface area (Å²) in [7, 11) is 1.99. The summed E-state index contributed by atoms with van der Waals surface area (Å²) in [4.78, 5) is 4.72. The first-order valence-corrected chi connectivity index (χ1v) is 9.82. The molecule has 3 heterocycles. The fraction of sp³-hybridized carbons (Fsp3) is 0.500. The molecule has 28 heavy (non-hydrogen) atoms. The Balaban J connectivity index is 1.62. The van der Waals surface area contributed by atoms with Gasteiger partial charge in [-0.3, -0.25) is 14.1 Å². The lowest BCUT2D eigenvalue weighted by atomic mass is 10.1. The molecule has 3 aromatic heterocycles. The molecule has 0 bridgehead atoms. The number of rotatable bonds is 7. The van der Waals surface area contributed by atoms with E-state index >= 15 is 0 Å². The van der Waals surface area contributed by atoms with Crippen LogP contribution in [0.15, 0.2) is 29.4 Å². The van der Waals surface area contributed by atoms with Crippen molar-refractivity contribution in [3.8, 4) is 0 Å². The van der Waals surface area contributed by atoms with Crippen molar-refractivity contribution in [1.82, 2.24) is 35.0 Å². The van der Waals surface area contributed by atoms with Gasteiger partial charge in [-0.15, -0.1) is 10.2 Å². The smallest absolute Gasteiger partial charge is 0.191 e. The number of nitrogens with zero attached hydrogens (tertiary/aromatic N) is 6. The van der Waals surface area contributed by atoms with Crippen molar-refractivity contribution in [2.75, 3.05) is 13.1 Å². The van der Waals surface area contributed by atoms with Gasteiger partial charge in [0, 0.05) is 44.5 Å². The van der Waals surface area contributed by atoms with Crippen LogP contribution in [0.3, 0.4) is 0 Å². The van der Waals surface area contributed by atoms with Gasteiger partial charge >= 0.3 is 0 Å². The molecule has 3 aromatic rings. The van der Waals surface area contributed by atoms with Crippen molar-refractivity contribution >= 4 is 11.6 Å². The number of aromatic nitrogens is 5. The van der Waals surface area contributed by atoms with Gasteiger partial charge < -0.3 is 10.6 Å². The molecule has 0 spiro atoms. The summed E-state index contributed by atoms with van der Waals surface area (Å²) in [5.41, 5.74) is 4.47. The summed E-state index contributed by atoms with van der Waals surface area (Å²) >= 11 is 0. The van der Waals surface area contributed by atoms with Crippen LogP contribution in [0.4, 0.5) is 0 Å². The topological polar surface area (TPSA) is 84.4 Å². The highest BCUT2D eigenvalue weighted by atomic mass is 15.3. The molecule has 0 aliphatic rings. The van der Waals surface area contributed by atoms with E-state index in [0.29, 0.717) is 6.54 Å². The average molecular weight is 383 g/mol. The molecule has 8 heteroatoms. The molecule has 0 aromatic carbocycles. The molecule has 0 saturated carbocycles. The molecular formula is C20H30N8. The molecule has 0 aliphatic carbocycles. The lowest BCUT2D eigenvalue weighted by molar-refractivity contribution is 0.635. The van der Waals surface area contributed by atoms with Gasteiger partial charge in [0.2, 0.25) is 0 Å². The van der Waals surface area contributed by atoms with Crippen molar-refractivity contribution in [1.29, 1.82) is 0 Å². The maximum atomic E-state index is 4.72. The first kappa shape index (κ1) is 19.9. The van der Waals surface area contributed by atoms with Crippen LogP contribution in [0.1, 0.15) is 36.6 Å². The normalized spacial score (nSPS) is 13.1. The number of nitrogens with one attached hydrogen (secondary N) is 2. The summed E-state index contributed by atoms with van der Waals surface area (Å²) in [5, 5.41) is 19.8. The molecule has 150 valence electrons. The minimum absolute atomic E-state index is 0.244. The minimum Gasteiger partial charge on any atom is -0.357 e. The Morgan fingerprint density at radius 2 is 2.07 bits per heavy atom. The standard InChI is InChI=1S/C20H30N8/c1-6-21-20(23-14(2)13-17-15(3)26-27(5)16(17)4)22-11-10-19-25-24-18-9-7-8-12-28(18)19/h7-9,12,14H,6,10-11,13H2,1-5H3,(H2,21,22,23). The first-order chi connectivity index (χ1) is 13.5. The number of hydrogen-bond donors (Lipinski definition) is 2. The largest absolute Gasteiger partial charge is 0.357 e. The van der Waals surface area contributed by atoms with Crippen molar-refractivity contribution < 1.29 is 0 Å². The highest BCUT2D eigenvalue weighted by molar-refractivity contribution is 5.80. The van der Waals surface area contributed by atoms with E-state index < -0.39 is 0 Å². The SMILES string of the molecule is CCNC(=NCCc1nnc2ccccn12)NC(C)Cc1c(C)nn(C)c1C. The van der Waals surface area contributed by atoms with Crippen LogP contribution in [0.2, 0.25) is 0 Å². The number of hydrogen-bond acceptors (Lipinski definition) is 4. The third-order valence-corrected chi connectivity index (χ3v) is 4.89. The fourth-order valence-corrected chi connectivity index (χ4v) is 3.35. The number of aryl methyl sites for hydroxylation is 2. The Hall–Kier alpha value is -2.90. The van der Waals surface area contributed by atoms with Gasteiger partial charge in [-0.25, -0.2) is 0 Å². The maximum Gasteiger partial charge on any atom is 0.191 e. The van der Waals surface area contributed by atoms with E-state index in [0.717, 1.165) is 42.5 Å². The zero-order valence-electron chi connectivity index (χ0n) is 17.4. The number of aliphatic imine (C=N–C) groups is 1. The highest BCUT2D eigenvalue weighted by Crippen LogP contribution is 2.14. The van der Waals surface area contributed by atoms with Crippen molar-refractivity contribution in [2.45, 2.75) is 46.6 Å². The Morgan fingerprint density at radius 3 is 2.79 bits per heavy atom. The third kappa shape index (κ3) is 4.49. The van der Waals surface area contributed by atoms with Crippen molar-refractivity contribution in [3.63, 3.8) is 0 Å². The van der Waals surface area contributed by atoms with Crippen LogP contribution in [0.25, 0.3) is 5.65 Å². The fourth-order valence-electron chi connectivity index (χ4n) is 3.35. The van der Waals surface area contributed by atoms with E-state index in [1.54, 1.807) is 0 Å². The first-order valence-electron chi connectivity index (χ1n) is 9.82. The zero-order chi connectivity index (χ0) is 20.1. The van der Waals surface area contributed by atoms with E-state index in [4.69, 9.17) is 4.99 Å². The van der Waals surface area contributed by atoms with E-state index in [1.807, 2.05) is 40.5 Å². The van der Waals surface area contributed by atoms with E-state index in [9.17, 15) is 0 Å². The monoisotopic (exact) mass is 382 g/mol. The van der Waals surface area contributed by atoms with Gasteiger partial charge in [0.05, 0.1) is 5.69 Å². The van der Waals surface area contributed by atoms with Gasteiger partial charge in [0.15, 0.2) is 11.6 Å². The number of fused-ring (bicyclic) bond motifs is 1. The predicted octanol–water partition coefficient (Wildman–Crippen LogP) is 1.81. The second kappa shape index (κ2) is 8.86. The van der Waals surface area contributed by atoms with Crippen LogP contribution in [-0.4, -0.2) is 49.5 Å². The van der Waals surface area contributed by atoms with Crippen LogP contribution in [-0.2, 0) is 19.9 Å². The lowest BCUT2D eigenvalue weighted by Crippen LogP contribution is -2.43. The molecule has 0 aliphatic heterocycles. The average Bonchev–Trinajstić information content (AvgIpc) is 3.18. The molecule has 1 atom stereocenters. The Morgan fingerprint density at radius 1 is 1.25 bits per heavy atom. The van der Waals surface area contributed by atoms with Crippen LogP contribution >= 0.6 is 0 Å². The van der Waals surface area contributed by atoms with Gasteiger partial charge in [-0.1, -0.05) is 6.07 Å². The quantitative estimate of drug-likeness (QED) is 0.481. The van der Waals surface area contributed by atoms with Gasteiger partial charge in [0.1, 0.15) is 5.82 Å². The second-order valence-electron chi connectivity index (χ2n) is 7.08. The predicted molar refractivity (Wildman–Crippen MR) is 112 cm³/mol. The van der Waals surface area contributed by atoms with Gasteiger partial charge in [-0.2, -0.15) is 5.10 Å². The third-order valence-electron chi connectivity index (χ3n) is 4.89. The molecular weight excluding hydrogens is 352 g/mol. The molecule has 0 radical (unpaired) electrons. The molecule has 3 rings (SSSR count). The summed E-state index contributed by atoms with van der Waals surface area (Å²) in [6, 6.07) is 6.15. The van der Waals surface area contributed by atoms with E-state index in [-0.39, 0.29) is 6.04 Å². The summed E-state index contributed by atoms with van der Waals surface area (Å²) < 4.78 is 3.95. The van der Waals surface area contributed by atoms with Crippen molar-refractivity contribution in [3.05, 3.63) is 47.2 Å². The van der Waals surface area contributed by atoms with Gasteiger partial charge in [0.25, 0.3) is 0 Å². The van der Waals surface area contributed by atoms with Crippen LogP contribution in [0.5, 0.6) is 0 Å². The summed E-state index contributed by atoms with van der Waals surface area (Å²) in [6.45, 7) is 9.88. The molecule has 0 saturated heterocycles. The Labute approximate surface area is 166 Å². The van der Waals surface area contributed by atoms with Crippen LogP contribution in [0, 0.1) is 13.8 Å². The second-order valence-corrected chi connectivity index (χ2v) is 7.08. The van der Waals surface area contributed by atoms with E-state index in [2.05, 4.69) is 53.6 Å². The van der Waals surface area contributed by atoms with Gasteiger partial charge in [-0.05, 0) is 51.8 Å². The van der Waals surface area contributed by atoms with Crippen molar-refractivity contribution in [2.24, 2.45) is 12.0 Å². The molecule has 0 amide bonds. The lowest BCUT2D eigenvalue weighted by Gasteiger charge is -2.18. The summed E-state index contributed by atoms with van der Waals surface area (Å²) in [5.74, 6) is 1.74. The van der Waals surface area contributed by atoms with Crippen LogP contribution < -0.4 is 10.6 Å². The zero-order valence-corrected chi connectivity index (χ0v) is 17.4. The Bertz CT molecular complexity index is 952.